The fourth-order valence-electron chi connectivity index (χ4n) is 1.29. The van der Waals surface area contributed by atoms with Gasteiger partial charge in [-0.2, -0.15) is 4.99 Å². The molecule has 5 nitrogen and oxygen atoms in total. The van der Waals surface area contributed by atoms with Gasteiger partial charge in [0.1, 0.15) is 0 Å². The van der Waals surface area contributed by atoms with Crippen molar-refractivity contribution in [3.8, 4) is 0 Å². The fourth-order valence-corrected chi connectivity index (χ4v) is 1.29. The summed E-state index contributed by atoms with van der Waals surface area (Å²) in [6.07, 6.45) is 0. The molecule has 0 amide bonds. The van der Waals surface area contributed by atoms with Gasteiger partial charge in [-0.1, -0.05) is 0 Å². The zero-order valence-corrected chi connectivity index (χ0v) is 9.24. The van der Waals surface area contributed by atoms with E-state index < -0.39 is 11.6 Å². The number of nitrogens with one attached hydrogen (secondary N) is 1. The summed E-state index contributed by atoms with van der Waals surface area (Å²) in [4.78, 5) is 4.88. The van der Waals surface area contributed by atoms with E-state index in [9.17, 15) is 8.78 Å². The van der Waals surface area contributed by atoms with Crippen LogP contribution >= 0.6 is 0 Å². The molecule has 0 aliphatic carbocycles. The van der Waals surface area contributed by atoms with Gasteiger partial charge in [0.25, 0.3) is 0 Å². The van der Waals surface area contributed by atoms with Crippen LogP contribution in [0.4, 0.5) is 14.5 Å². The third kappa shape index (κ3) is 3.13. The first-order chi connectivity index (χ1) is 7.95. The molecule has 5 N–H and O–H groups in total. The highest BCUT2D eigenvalue weighted by molar-refractivity contribution is 6.01. The summed E-state index contributed by atoms with van der Waals surface area (Å²) in [5.41, 5.74) is 10.6. The van der Waals surface area contributed by atoms with Crippen LogP contribution in [0.5, 0.6) is 0 Å². The van der Waals surface area contributed by atoms with Gasteiger partial charge in [0.2, 0.25) is 5.96 Å². The van der Waals surface area contributed by atoms with E-state index in [0.717, 1.165) is 12.1 Å². The summed E-state index contributed by atoms with van der Waals surface area (Å²) in [5.74, 6) is -2.44. The molecule has 1 aromatic carbocycles. The molecule has 0 aliphatic rings. The van der Waals surface area contributed by atoms with Gasteiger partial charge in [0.05, 0.1) is 0 Å². The predicted molar refractivity (Wildman–Crippen MR) is 62.9 cm³/mol. The van der Waals surface area contributed by atoms with E-state index in [1.807, 2.05) is 0 Å². The quantitative estimate of drug-likeness (QED) is 0.532. The first-order valence-corrected chi connectivity index (χ1v) is 4.86. The molecule has 0 spiro atoms. The Labute approximate surface area is 97.2 Å². The molecule has 0 saturated heterocycles. The van der Waals surface area contributed by atoms with Crippen LogP contribution in [-0.2, 0) is 0 Å². The molecule has 17 heavy (non-hydrogen) atoms. The monoisotopic (exact) mass is 241 g/mol. The van der Waals surface area contributed by atoms with Crippen molar-refractivity contribution in [1.82, 2.24) is 0 Å². The van der Waals surface area contributed by atoms with Gasteiger partial charge < -0.3 is 16.4 Å². The minimum atomic E-state index is -0.988. The van der Waals surface area contributed by atoms with Gasteiger partial charge in [-0.15, -0.1) is 0 Å². The van der Waals surface area contributed by atoms with Crippen LogP contribution in [-0.4, -0.2) is 18.5 Å². The summed E-state index contributed by atoms with van der Waals surface area (Å²) in [6.45, 7) is 2.08. The lowest BCUT2D eigenvalue weighted by molar-refractivity contribution is 0.509. The van der Waals surface area contributed by atoms with Crippen LogP contribution in [0.1, 0.15) is 6.92 Å². The zero-order chi connectivity index (χ0) is 13.0. The molecule has 0 aliphatic heterocycles. The number of benzene rings is 1. The normalized spacial score (nSPS) is 9.82. The Morgan fingerprint density at radius 3 is 2.47 bits per heavy atom. The lowest BCUT2D eigenvalue weighted by Crippen LogP contribution is -2.33. The van der Waals surface area contributed by atoms with Gasteiger partial charge >= 0.3 is 0 Å². The van der Waals surface area contributed by atoms with E-state index in [0.29, 0.717) is 12.2 Å². The maximum Gasteiger partial charge on any atom is 0.225 e. The van der Waals surface area contributed by atoms with Crippen molar-refractivity contribution in [3.63, 3.8) is 0 Å². The molecule has 0 unspecified atom stereocenters. The number of anilines is 1. The highest BCUT2D eigenvalue weighted by Gasteiger charge is 2.12. The third-order valence-electron chi connectivity index (χ3n) is 2.02. The number of rotatable bonds is 2. The molecular formula is C10H13F2N5. The van der Waals surface area contributed by atoms with Crippen LogP contribution in [0.15, 0.2) is 23.2 Å². The molecule has 1 aromatic rings. The fraction of sp³-hybridized carbons (Fsp3) is 0.200. The maximum atomic E-state index is 13.0. The average Bonchev–Trinajstić information content (AvgIpc) is 2.23. The standard InChI is InChI=1S/C10H13F2N5/c1-2-17(10(15)16-9(13)14)6-3-4-7(11)8(12)5-6/h3-5H,2H2,1H3,(H5,13,14,15,16). The van der Waals surface area contributed by atoms with Crippen LogP contribution < -0.4 is 16.4 Å². The van der Waals surface area contributed by atoms with Gasteiger partial charge in [0.15, 0.2) is 17.6 Å². The highest BCUT2D eigenvalue weighted by Crippen LogP contribution is 2.18. The second-order valence-corrected chi connectivity index (χ2v) is 3.20. The second kappa shape index (κ2) is 5.24. The lowest BCUT2D eigenvalue weighted by Gasteiger charge is -2.20. The molecule has 0 aromatic heterocycles. The van der Waals surface area contributed by atoms with E-state index in [2.05, 4.69) is 4.99 Å². The zero-order valence-electron chi connectivity index (χ0n) is 9.24. The number of guanidine groups is 2. The maximum absolute atomic E-state index is 13.0. The molecule has 0 fully saturated rings. The summed E-state index contributed by atoms with van der Waals surface area (Å²) >= 11 is 0. The Kier molecular flexibility index (Phi) is 3.97. The van der Waals surface area contributed by atoms with Gasteiger partial charge in [-0.25, -0.2) is 8.78 Å². The van der Waals surface area contributed by atoms with Crippen LogP contribution in [0, 0.1) is 17.0 Å². The predicted octanol–water partition coefficient (Wildman–Crippen LogP) is 0.999. The van der Waals surface area contributed by atoms with Crippen molar-refractivity contribution in [2.45, 2.75) is 6.92 Å². The number of hydrogen-bond acceptors (Lipinski definition) is 1. The number of hydrogen-bond donors (Lipinski definition) is 3. The number of nitrogens with zero attached hydrogens (tertiary/aromatic N) is 2. The number of aliphatic imine (C=N–C) groups is 1. The summed E-state index contributed by atoms with van der Waals surface area (Å²) in [6, 6.07) is 3.31. The van der Waals surface area contributed by atoms with E-state index in [-0.39, 0.29) is 11.9 Å². The van der Waals surface area contributed by atoms with Crippen molar-refractivity contribution >= 4 is 17.6 Å². The Morgan fingerprint density at radius 2 is 2.00 bits per heavy atom. The van der Waals surface area contributed by atoms with E-state index in [1.54, 1.807) is 6.92 Å². The van der Waals surface area contributed by atoms with E-state index in [1.165, 1.54) is 11.0 Å². The largest absolute Gasteiger partial charge is 0.370 e. The van der Waals surface area contributed by atoms with Crippen LogP contribution in [0.3, 0.4) is 0 Å². The molecule has 0 bridgehead atoms. The summed E-state index contributed by atoms with van der Waals surface area (Å²) in [5, 5.41) is 7.60. The second-order valence-electron chi connectivity index (χ2n) is 3.20. The van der Waals surface area contributed by atoms with Crippen LogP contribution in [0.25, 0.3) is 0 Å². The van der Waals surface area contributed by atoms with Crippen molar-refractivity contribution < 1.29 is 8.78 Å². The molecule has 0 heterocycles. The Balaban J connectivity index is 3.05. The Morgan fingerprint density at radius 1 is 1.35 bits per heavy atom. The van der Waals surface area contributed by atoms with Crippen molar-refractivity contribution in [3.05, 3.63) is 29.8 Å². The molecule has 0 radical (unpaired) electrons. The van der Waals surface area contributed by atoms with Gasteiger partial charge in [0, 0.05) is 18.3 Å². The first-order valence-electron chi connectivity index (χ1n) is 4.86. The molecular weight excluding hydrogens is 228 g/mol. The molecule has 92 valence electrons. The number of nitrogens with two attached hydrogens (primary N) is 2. The van der Waals surface area contributed by atoms with Gasteiger partial charge in [-0.05, 0) is 19.1 Å². The third-order valence-corrected chi connectivity index (χ3v) is 2.02. The lowest BCUT2D eigenvalue weighted by atomic mass is 10.2. The SMILES string of the molecule is CCN(C(=N)N=C(N)N)c1ccc(F)c(F)c1. The van der Waals surface area contributed by atoms with Crippen molar-refractivity contribution in [2.24, 2.45) is 16.5 Å². The Bertz CT molecular complexity index is 454. The topological polar surface area (TPSA) is 91.5 Å². The first kappa shape index (κ1) is 12.9. The molecule has 1 rings (SSSR count). The molecule has 7 heteroatoms. The molecule has 0 atom stereocenters. The van der Waals surface area contributed by atoms with E-state index >= 15 is 0 Å². The molecule has 0 saturated carbocycles. The van der Waals surface area contributed by atoms with Crippen molar-refractivity contribution in [2.75, 3.05) is 11.4 Å². The average molecular weight is 241 g/mol. The summed E-state index contributed by atoms with van der Waals surface area (Å²) < 4.78 is 25.8. The van der Waals surface area contributed by atoms with Crippen LogP contribution in [0.2, 0.25) is 0 Å². The highest BCUT2D eigenvalue weighted by atomic mass is 19.2. The Hall–Kier alpha value is -2.18. The summed E-state index contributed by atoms with van der Waals surface area (Å²) in [7, 11) is 0. The minimum Gasteiger partial charge on any atom is -0.370 e. The van der Waals surface area contributed by atoms with E-state index in [4.69, 9.17) is 16.9 Å². The van der Waals surface area contributed by atoms with Gasteiger partial charge in [-0.3, -0.25) is 5.41 Å². The number of halogens is 2. The minimum absolute atomic E-state index is 0.237. The smallest absolute Gasteiger partial charge is 0.225 e. The van der Waals surface area contributed by atoms with Crippen molar-refractivity contribution in [1.29, 1.82) is 5.41 Å².